The van der Waals surface area contributed by atoms with Gasteiger partial charge in [0.05, 0.1) is 0 Å². The molecule has 2 N–H and O–H groups in total. The third-order valence-electron chi connectivity index (χ3n) is 5.86. The Morgan fingerprint density at radius 2 is 1.69 bits per heavy atom. The highest BCUT2D eigenvalue weighted by Crippen LogP contribution is 2.33. The van der Waals surface area contributed by atoms with Gasteiger partial charge < -0.3 is 10.1 Å². The van der Waals surface area contributed by atoms with E-state index in [1.165, 1.54) is 38.5 Å². The highest BCUT2D eigenvalue weighted by Gasteiger charge is 2.43. The lowest BCUT2D eigenvalue weighted by Gasteiger charge is -2.44. The molecule has 2 aliphatic rings. The summed E-state index contributed by atoms with van der Waals surface area (Å²) in [7, 11) is 0. The molecule has 3 rings (SSSR count). The summed E-state index contributed by atoms with van der Waals surface area (Å²) in [6.07, 6.45) is 15.1. The summed E-state index contributed by atoms with van der Waals surface area (Å²) < 4.78 is 0. The van der Waals surface area contributed by atoms with Crippen molar-refractivity contribution in [2.75, 3.05) is 13.1 Å². The molecule has 2 fully saturated rings. The Bertz CT molecular complexity index is 527. The van der Waals surface area contributed by atoms with Crippen LogP contribution in [0.15, 0.2) is 12.4 Å². The third kappa shape index (κ3) is 5.18. The number of imidazole rings is 1. The molecule has 0 aromatic carbocycles. The van der Waals surface area contributed by atoms with Crippen molar-refractivity contribution in [3.05, 3.63) is 28.3 Å². The fourth-order valence-corrected chi connectivity index (χ4v) is 4.62. The quantitative estimate of drug-likeness (QED) is 0.554. The lowest BCUT2D eigenvalue weighted by Crippen LogP contribution is -2.54. The van der Waals surface area contributed by atoms with Crippen LogP contribution < -0.4 is 0 Å². The molecular formula is C18H31ClN4O3. The number of hydrogen-bond donors (Lipinski definition) is 2. The van der Waals surface area contributed by atoms with Gasteiger partial charge in [0.15, 0.2) is 5.60 Å². The molecule has 0 amide bonds. The van der Waals surface area contributed by atoms with Crippen LogP contribution in [0.5, 0.6) is 0 Å². The lowest BCUT2D eigenvalue weighted by molar-refractivity contribution is -0.503. The number of aromatic amines is 1. The number of halogens is 1. The largest absolute Gasteiger partial charge is 0.375 e. The van der Waals surface area contributed by atoms with Crippen LogP contribution >= 0.6 is 12.4 Å². The molecule has 1 aromatic heterocycles. The average molecular weight is 387 g/mol. The molecule has 0 bridgehead atoms. The first-order valence-corrected chi connectivity index (χ1v) is 9.68. The van der Waals surface area contributed by atoms with Crippen molar-refractivity contribution in [3.8, 4) is 0 Å². The summed E-state index contributed by atoms with van der Waals surface area (Å²) >= 11 is 0. The minimum Gasteiger partial charge on any atom is -0.375 e. The summed E-state index contributed by atoms with van der Waals surface area (Å²) in [5.41, 5.74) is -1.57. The summed E-state index contributed by atoms with van der Waals surface area (Å²) in [5.74, 6) is 0.306. The topological polar surface area (TPSA) is 95.3 Å². The molecule has 8 heteroatoms. The van der Waals surface area contributed by atoms with Gasteiger partial charge in [0.1, 0.15) is 5.82 Å². The van der Waals surface area contributed by atoms with E-state index in [-0.39, 0.29) is 19.0 Å². The Morgan fingerprint density at radius 3 is 2.12 bits per heavy atom. The van der Waals surface area contributed by atoms with Gasteiger partial charge in [0.2, 0.25) is 6.54 Å². The number of hydrogen-bond acceptors (Lipinski definition) is 5. The predicted molar refractivity (Wildman–Crippen MR) is 102 cm³/mol. The zero-order valence-corrected chi connectivity index (χ0v) is 16.1. The van der Waals surface area contributed by atoms with Crippen molar-refractivity contribution >= 4 is 12.4 Å². The van der Waals surface area contributed by atoms with Gasteiger partial charge in [-0.15, -0.1) is 12.4 Å². The van der Waals surface area contributed by atoms with Crippen molar-refractivity contribution in [3.63, 3.8) is 0 Å². The maximum atomic E-state index is 11.2. The van der Waals surface area contributed by atoms with Crippen molar-refractivity contribution in [2.24, 2.45) is 0 Å². The SMILES string of the molecule is Cl.O=[N+]([O-])CC(O)(CN(C1CCCCC1)C1CCCCC1)c1ncc[nH]1. The minimum atomic E-state index is -1.57. The molecular weight excluding hydrogens is 356 g/mol. The van der Waals surface area contributed by atoms with Gasteiger partial charge in [-0.2, -0.15) is 0 Å². The first-order valence-electron chi connectivity index (χ1n) is 9.68. The molecule has 2 aliphatic carbocycles. The number of nitrogens with zero attached hydrogens (tertiary/aromatic N) is 3. The molecule has 1 atom stereocenters. The predicted octanol–water partition coefficient (Wildman–Crippen LogP) is 3.26. The van der Waals surface area contributed by atoms with Gasteiger partial charge in [-0.25, -0.2) is 4.98 Å². The third-order valence-corrected chi connectivity index (χ3v) is 5.86. The molecule has 26 heavy (non-hydrogen) atoms. The van der Waals surface area contributed by atoms with Crippen LogP contribution in [0, 0.1) is 10.1 Å². The first-order chi connectivity index (χ1) is 12.1. The maximum absolute atomic E-state index is 11.2. The van der Waals surface area contributed by atoms with Gasteiger partial charge in [-0.05, 0) is 25.7 Å². The van der Waals surface area contributed by atoms with Crippen LogP contribution in [0.4, 0.5) is 0 Å². The second kappa shape index (κ2) is 9.67. The van der Waals surface area contributed by atoms with Gasteiger partial charge in [0.25, 0.3) is 0 Å². The highest BCUT2D eigenvalue weighted by atomic mass is 35.5. The minimum absolute atomic E-state index is 0. The van der Waals surface area contributed by atoms with Crippen LogP contribution in [-0.2, 0) is 5.60 Å². The number of rotatable bonds is 7. The van der Waals surface area contributed by atoms with E-state index in [1.54, 1.807) is 12.4 Å². The van der Waals surface area contributed by atoms with Crippen LogP contribution in [-0.4, -0.2) is 50.1 Å². The van der Waals surface area contributed by atoms with E-state index >= 15 is 0 Å². The first kappa shape index (κ1) is 21.1. The summed E-state index contributed by atoms with van der Waals surface area (Å²) in [6, 6.07) is 0.843. The van der Waals surface area contributed by atoms with Crippen LogP contribution in [0.2, 0.25) is 0 Å². The summed E-state index contributed by atoms with van der Waals surface area (Å²) in [6.45, 7) is -0.229. The molecule has 1 heterocycles. The molecule has 0 spiro atoms. The van der Waals surface area contributed by atoms with Crippen molar-refractivity contribution < 1.29 is 10.0 Å². The van der Waals surface area contributed by atoms with Crippen LogP contribution in [0.3, 0.4) is 0 Å². The van der Waals surface area contributed by atoms with E-state index in [0.717, 1.165) is 25.7 Å². The molecule has 0 aliphatic heterocycles. The van der Waals surface area contributed by atoms with Gasteiger partial charge in [0, 0.05) is 35.9 Å². The monoisotopic (exact) mass is 386 g/mol. The van der Waals surface area contributed by atoms with Crippen molar-refractivity contribution in [1.82, 2.24) is 14.9 Å². The lowest BCUT2D eigenvalue weighted by atomic mass is 9.87. The van der Waals surface area contributed by atoms with E-state index in [4.69, 9.17) is 0 Å². The van der Waals surface area contributed by atoms with Crippen LogP contribution in [0.1, 0.15) is 70.0 Å². The second-order valence-corrected chi connectivity index (χ2v) is 7.72. The van der Waals surface area contributed by atoms with E-state index in [2.05, 4.69) is 14.9 Å². The van der Waals surface area contributed by atoms with E-state index in [0.29, 0.717) is 17.9 Å². The number of H-pyrrole nitrogens is 1. The van der Waals surface area contributed by atoms with Gasteiger partial charge >= 0.3 is 0 Å². The summed E-state index contributed by atoms with van der Waals surface area (Å²) in [4.78, 5) is 20.2. The Kier molecular flexibility index (Phi) is 7.85. The zero-order chi connectivity index (χ0) is 17.7. The molecule has 7 nitrogen and oxygen atoms in total. The molecule has 0 saturated heterocycles. The second-order valence-electron chi connectivity index (χ2n) is 7.72. The molecule has 2 saturated carbocycles. The maximum Gasteiger partial charge on any atom is 0.240 e. The number of aliphatic hydroxyl groups is 1. The molecule has 1 aromatic rings. The van der Waals surface area contributed by atoms with Crippen LogP contribution in [0.25, 0.3) is 0 Å². The van der Waals surface area contributed by atoms with Gasteiger partial charge in [-0.3, -0.25) is 15.0 Å². The normalized spacial score (nSPS) is 21.9. The molecule has 148 valence electrons. The average Bonchev–Trinajstić information content (AvgIpc) is 3.16. The smallest absolute Gasteiger partial charge is 0.240 e. The standard InChI is InChI=1S/C18H30N4O3.ClH/c23-18(14-22(24)25,17-19-11-12-20-17)13-21(15-7-3-1-4-8-15)16-9-5-2-6-10-16;/h11-12,15-16,23H,1-10,13-14H2,(H,19,20);1H. The van der Waals surface area contributed by atoms with E-state index < -0.39 is 17.1 Å². The van der Waals surface area contributed by atoms with E-state index in [1.807, 2.05) is 0 Å². The van der Waals surface area contributed by atoms with Crippen molar-refractivity contribution in [1.29, 1.82) is 0 Å². The van der Waals surface area contributed by atoms with Crippen molar-refractivity contribution in [2.45, 2.75) is 81.9 Å². The zero-order valence-electron chi connectivity index (χ0n) is 15.3. The van der Waals surface area contributed by atoms with E-state index in [9.17, 15) is 15.2 Å². The number of nitrogens with one attached hydrogen (secondary N) is 1. The molecule has 0 radical (unpaired) electrons. The van der Waals surface area contributed by atoms with Gasteiger partial charge in [-0.1, -0.05) is 38.5 Å². The Balaban J connectivity index is 0.00000243. The highest BCUT2D eigenvalue weighted by molar-refractivity contribution is 5.85. The Labute approximate surface area is 161 Å². The fraction of sp³-hybridized carbons (Fsp3) is 0.833. The molecule has 1 unspecified atom stereocenters. The Morgan fingerprint density at radius 1 is 1.15 bits per heavy atom. The fourth-order valence-electron chi connectivity index (χ4n) is 4.62. The summed E-state index contributed by atoms with van der Waals surface area (Å²) in [5, 5.41) is 22.4. The Hall–Kier alpha value is -1.18. The number of nitro groups is 1. The number of aromatic nitrogens is 2.